The second-order valence-corrected chi connectivity index (χ2v) is 10.9. The number of aliphatic hydroxyl groups is 1. The fourth-order valence-electron chi connectivity index (χ4n) is 7.58. The van der Waals surface area contributed by atoms with E-state index in [-0.39, 0.29) is 17.1 Å². The number of aryl methyl sites for hydroxylation is 1. The fraction of sp³-hybridized carbons (Fsp3) is 0.516. The molecule has 4 aliphatic carbocycles. The van der Waals surface area contributed by atoms with Crippen molar-refractivity contribution in [1.82, 2.24) is 0 Å². The topological polar surface area (TPSA) is 46.5 Å². The standard InChI is InChI=1S/C31H36O3/c1-5-14-31(33)15-13-27-25-10-7-22-18-23(32)9-11-24(22)29(25)26(19-30(27,31)4)21-8-12-28(20(3)17-21)34-16-6-2/h6,8,12,17-18,25-27,33H,2,7,9-11,13,15-16,19H2,1,3-4H3. The number of fused-ring (bicyclic) bond motifs is 4. The lowest BCUT2D eigenvalue weighted by atomic mass is 9.51. The fourth-order valence-corrected chi connectivity index (χ4v) is 7.58. The van der Waals surface area contributed by atoms with Crippen LogP contribution < -0.4 is 4.74 Å². The van der Waals surface area contributed by atoms with Gasteiger partial charge >= 0.3 is 0 Å². The molecule has 3 nitrogen and oxygen atoms in total. The molecule has 1 aromatic carbocycles. The van der Waals surface area contributed by atoms with Crippen LogP contribution in [0.4, 0.5) is 0 Å². The Kier molecular flexibility index (Phi) is 5.85. The molecular weight excluding hydrogens is 420 g/mol. The zero-order valence-corrected chi connectivity index (χ0v) is 20.7. The van der Waals surface area contributed by atoms with Gasteiger partial charge in [0.05, 0.1) is 0 Å². The van der Waals surface area contributed by atoms with Gasteiger partial charge in [-0.3, -0.25) is 4.79 Å². The number of carbonyl (C=O) groups is 1. The van der Waals surface area contributed by atoms with E-state index in [2.05, 4.69) is 50.5 Å². The normalized spacial score (nSPS) is 34.3. The number of hydrogen-bond acceptors (Lipinski definition) is 3. The molecule has 178 valence electrons. The van der Waals surface area contributed by atoms with Gasteiger partial charge < -0.3 is 9.84 Å². The Bertz CT molecular complexity index is 1160. The van der Waals surface area contributed by atoms with Crippen LogP contribution in [-0.2, 0) is 4.79 Å². The van der Waals surface area contributed by atoms with Gasteiger partial charge in [0, 0.05) is 17.8 Å². The summed E-state index contributed by atoms with van der Waals surface area (Å²) >= 11 is 0. The minimum absolute atomic E-state index is 0.216. The van der Waals surface area contributed by atoms with Crippen LogP contribution in [0, 0.1) is 36.0 Å². The Balaban J connectivity index is 1.65. The van der Waals surface area contributed by atoms with E-state index in [1.54, 1.807) is 11.6 Å². The molecule has 0 heterocycles. The molecule has 0 amide bonds. The maximum atomic E-state index is 12.2. The molecule has 1 aromatic rings. The van der Waals surface area contributed by atoms with Crippen molar-refractivity contribution in [2.45, 2.75) is 77.2 Å². The van der Waals surface area contributed by atoms with Crippen LogP contribution in [0.3, 0.4) is 0 Å². The highest BCUT2D eigenvalue weighted by molar-refractivity contribution is 5.93. The first kappa shape index (κ1) is 23.2. The SMILES string of the molecule is C=CCOc1ccc(C2CC3(C)C(CCC3(O)C#CC)C3CCC4=CC(=O)CCC4=C23)cc1C. The first-order valence-corrected chi connectivity index (χ1v) is 12.8. The summed E-state index contributed by atoms with van der Waals surface area (Å²) in [6.45, 7) is 10.5. The van der Waals surface area contributed by atoms with E-state index in [1.807, 2.05) is 13.0 Å². The Labute approximate surface area is 204 Å². The molecule has 0 spiro atoms. The van der Waals surface area contributed by atoms with Crippen LogP contribution in [0.2, 0.25) is 0 Å². The van der Waals surface area contributed by atoms with Crippen LogP contribution >= 0.6 is 0 Å². The Morgan fingerprint density at radius 2 is 2.09 bits per heavy atom. The van der Waals surface area contributed by atoms with E-state index in [9.17, 15) is 9.90 Å². The molecule has 0 aliphatic heterocycles. The second kappa shape index (κ2) is 8.58. The average Bonchev–Trinajstić information content (AvgIpc) is 3.07. The highest BCUT2D eigenvalue weighted by Crippen LogP contribution is 2.66. The quantitative estimate of drug-likeness (QED) is 0.433. The molecule has 5 rings (SSSR count). The molecule has 0 aromatic heterocycles. The van der Waals surface area contributed by atoms with Crippen molar-refractivity contribution in [3.63, 3.8) is 0 Å². The summed E-state index contributed by atoms with van der Waals surface area (Å²) in [4.78, 5) is 12.2. The third-order valence-corrected chi connectivity index (χ3v) is 9.18. The largest absolute Gasteiger partial charge is 0.489 e. The molecule has 0 bridgehead atoms. The predicted octanol–water partition coefficient (Wildman–Crippen LogP) is 6.21. The minimum atomic E-state index is -0.943. The van der Waals surface area contributed by atoms with Gasteiger partial charge in [0.2, 0.25) is 0 Å². The highest BCUT2D eigenvalue weighted by atomic mass is 16.5. The molecule has 2 fully saturated rings. The third kappa shape index (κ3) is 3.50. The third-order valence-electron chi connectivity index (χ3n) is 9.18. The molecule has 1 N–H and O–H groups in total. The summed E-state index contributed by atoms with van der Waals surface area (Å²) in [6.07, 6.45) is 9.82. The van der Waals surface area contributed by atoms with Crippen molar-refractivity contribution in [2.24, 2.45) is 17.3 Å². The van der Waals surface area contributed by atoms with E-state index in [0.717, 1.165) is 49.8 Å². The van der Waals surface area contributed by atoms with Gasteiger partial charge in [-0.2, -0.15) is 0 Å². The van der Waals surface area contributed by atoms with E-state index in [4.69, 9.17) is 4.74 Å². The van der Waals surface area contributed by atoms with Gasteiger partial charge in [0.15, 0.2) is 5.78 Å². The average molecular weight is 457 g/mol. The zero-order chi connectivity index (χ0) is 24.1. The van der Waals surface area contributed by atoms with Gasteiger partial charge in [-0.05, 0) is 98.6 Å². The van der Waals surface area contributed by atoms with Gasteiger partial charge in [0.1, 0.15) is 18.0 Å². The molecule has 5 unspecified atom stereocenters. The monoisotopic (exact) mass is 456 g/mol. The van der Waals surface area contributed by atoms with Crippen molar-refractivity contribution >= 4 is 5.78 Å². The van der Waals surface area contributed by atoms with Gasteiger partial charge in [-0.25, -0.2) is 0 Å². The van der Waals surface area contributed by atoms with Gasteiger partial charge in [0.25, 0.3) is 0 Å². The van der Waals surface area contributed by atoms with Gasteiger partial charge in [-0.1, -0.05) is 43.2 Å². The van der Waals surface area contributed by atoms with E-state index < -0.39 is 5.60 Å². The van der Waals surface area contributed by atoms with Crippen LogP contribution in [0.25, 0.3) is 0 Å². The second-order valence-electron chi connectivity index (χ2n) is 10.9. The number of benzene rings is 1. The Hall–Kier alpha value is -2.57. The molecular formula is C31H36O3. The summed E-state index contributed by atoms with van der Waals surface area (Å²) in [7, 11) is 0. The van der Waals surface area contributed by atoms with Crippen LogP contribution in [0.1, 0.15) is 75.8 Å². The molecule has 2 saturated carbocycles. The minimum Gasteiger partial charge on any atom is -0.489 e. The van der Waals surface area contributed by atoms with E-state index >= 15 is 0 Å². The predicted molar refractivity (Wildman–Crippen MR) is 136 cm³/mol. The Morgan fingerprint density at radius 1 is 1.26 bits per heavy atom. The van der Waals surface area contributed by atoms with E-state index in [0.29, 0.717) is 24.9 Å². The summed E-state index contributed by atoms with van der Waals surface area (Å²) in [6, 6.07) is 6.55. The van der Waals surface area contributed by atoms with Crippen LogP contribution in [0.5, 0.6) is 5.75 Å². The molecule has 5 atom stereocenters. The number of carbonyl (C=O) groups excluding carboxylic acids is 1. The number of rotatable bonds is 4. The molecule has 4 aliphatic rings. The lowest BCUT2D eigenvalue weighted by Gasteiger charge is -2.53. The number of hydrogen-bond donors (Lipinski definition) is 1. The summed E-state index contributed by atoms with van der Waals surface area (Å²) in [5, 5.41) is 11.8. The van der Waals surface area contributed by atoms with E-state index in [1.165, 1.54) is 16.7 Å². The van der Waals surface area contributed by atoms with Crippen molar-refractivity contribution in [3.8, 4) is 17.6 Å². The van der Waals surface area contributed by atoms with Crippen molar-refractivity contribution in [3.05, 3.63) is 64.8 Å². The highest BCUT2D eigenvalue weighted by Gasteiger charge is 2.62. The lowest BCUT2D eigenvalue weighted by molar-refractivity contribution is -0.114. The summed E-state index contributed by atoms with van der Waals surface area (Å²) in [5.41, 5.74) is 5.45. The number of ketones is 1. The smallest absolute Gasteiger partial charge is 0.156 e. The van der Waals surface area contributed by atoms with Gasteiger partial charge in [-0.15, -0.1) is 5.92 Å². The molecule has 0 saturated heterocycles. The zero-order valence-electron chi connectivity index (χ0n) is 20.7. The maximum absolute atomic E-state index is 12.2. The Morgan fingerprint density at radius 3 is 2.82 bits per heavy atom. The summed E-state index contributed by atoms with van der Waals surface area (Å²) < 4.78 is 5.85. The van der Waals surface area contributed by atoms with Crippen LogP contribution in [-0.4, -0.2) is 23.1 Å². The number of ether oxygens (including phenoxy) is 1. The maximum Gasteiger partial charge on any atom is 0.156 e. The van der Waals surface area contributed by atoms with Crippen molar-refractivity contribution < 1.29 is 14.6 Å². The first-order valence-electron chi connectivity index (χ1n) is 12.8. The van der Waals surface area contributed by atoms with Crippen molar-refractivity contribution in [2.75, 3.05) is 6.61 Å². The molecule has 34 heavy (non-hydrogen) atoms. The first-order chi connectivity index (χ1) is 16.3. The molecule has 0 radical (unpaired) electrons. The number of allylic oxidation sites excluding steroid dienone is 4. The lowest BCUT2D eigenvalue weighted by Crippen LogP contribution is -2.51. The molecule has 3 heteroatoms. The van der Waals surface area contributed by atoms with Crippen molar-refractivity contribution in [1.29, 1.82) is 0 Å². The van der Waals surface area contributed by atoms with Crippen LogP contribution in [0.15, 0.2) is 53.6 Å². The summed E-state index contributed by atoms with van der Waals surface area (Å²) in [5.74, 6) is 8.51.